The van der Waals surface area contributed by atoms with E-state index in [0.29, 0.717) is 0 Å². The average molecular weight is 341 g/mol. The Labute approximate surface area is 133 Å². The van der Waals surface area contributed by atoms with Crippen LogP contribution in [0.2, 0.25) is 0 Å². The van der Waals surface area contributed by atoms with Gasteiger partial charge in [-0.1, -0.05) is 57.9 Å². The van der Waals surface area contributed by atoms with E-state index >= 15 is 0 Å². The van der Waals surface area contributed by atoms with E-state index in [4.69, 9.17) is 0 Å². The summed E-state index contributed by atoms with van der Waals surface area (Å²) in [6, 6.07) is 18.5. The second kappa shape index (κ2) is 5.63. The van der Waals surface area contributed by atoms with Crippen molar-refractivity contribution in [2.45, 2.75) is 20.0 Å². The van der Waals surface area contributed by atoms with Gasteiger partial charge in [-0.15, -0.1) is 0 Å². The first-order valence-electron chi connectivity index (χ1n) is 6.99. The van der Waals surface area contributed by atoms with E-state index in [1.807, 2.05) is 26.0 Å². The van der Waals surface area contributed by atoms with Gasteiger partial charge in [0.25, 0.3) is 0 Å². The van der Waals surface area contributed by atoms with Crippen molar-refractivity contribution < 1.29 is 5.11 Å². The van der Waals surface area contributed by atoms with Crippen LogP contribution in [0, 0.1) is 13.8 Å². The second-order valence-corrected chi connectivity index (χ2v) is 6.43. The topological polar surface area (TPSA) is 20.2 Å². The second-order valence-electron chi connectivity index (χ2n) is 5.51. The highest BCUT2D eigenvalue weighted by molar-refractivity contribution is 9.10. The molecule has 0 aliphatic rings. The lowest BCUT2D eigenvalue weighted by Gasteiger charge is -2.16. The van der Waals surface area contributed by atoms with Gasteiger partial charge < -0.3 is 5.11 Å². The van der Waals surface area contributed by atoms with Crippen molar-refractivity contribution in [3.8, 4) is 0 Å². The Hall–Kier alpha value is -1.64. The Balaban J connectivity index is 2.07. The van der Waals surface area contributed by atoms with Crippen molar-refractivity contribution in [3.05, 3.63) is 81.3 Å². The molecule has 0 aromatic heterocycles. The first-order chi connectivity index (χ1) is 10.0. The Morgan fingerprint density at radius 3 is 2.38 bits per heavy atom. The number of hydrogen-bond donors (Lipinski definition) is 1. The summed E-state index contributed by atoms with van der Waals surface area (Å²) in [7, 11) is 0. The van der Waals surface area contributed by atoms with Crippen LogP contribution in [-0.4, -0.2) is 5.11 Å². The number of aryl methyl sites for hydroxylation is 2. The minimum atomic E-state index is -0.585. The standard InChI is InChI=1S/C19H17BrO/c1-12-3-4-13(2)18(9-12)19(21)16-6-5-15-11-17(20)8-7-14(15)10-16/h3-11,19,21H,1-2H3. The molecule has 3 aromatic rings. The van der Waals surface area contributed by atoms with Crippen LogP contribution in [0.25, 0.3) is 10.8 Å². The zero-order valence-corrected chi connectivity index (χ0v) is 13.7. The lowest BCUT2D eigenvalue weighted by atomic mass is 9.94. The minimum absolute atomic E-state index is 0.585. The van der Waals surface area contributed by atoms with Crippen LogP contribution in [0.3, 0.4) is 0 Å². The molecule has 1 N–H and O–H groups in total. The fourth-order valence-corrected chi connectivity index (χ4v) is 3.02. The van der Waals surface area contributed by atoms with Crippen molar-refractivity contribution in [3.63, 3.8) is 0 Å². The molecule has 0 fully saturated rings. The highest BCUT2D eigenvalue weighted by atomic mass is 79.9. The number of aliphatic hydroxyl groups is 1. The maximum absolute atomic E-state index is 10.7. The summed E-state index contributed by atoms with van der Waals surface area (Å²) in [6.45, 7) is 4.09. The number of fused-ring (bicyclic) bond motifs is 1. The first kappa shape index (κ1) is 14.3. The molecule has 0 aliphatic carbocycles. The van der Waals surface area contributed by atoms with Crippen LogP contribution in [0.4, 0.5) is 0 Å². The van der Waals surface area contributed by atoms with Gasteiger partial charge in [0.05, 0.1) is 0 Å². The maximum Gasteiger partial charge on any atom is 0.104 e. The first-order valence-corrected chi connectivity index (χ1v) is 7.78. The molecule has 0 saturated heterocycles. The molecule has 3 aromatic carbocycles. The lowest BCUT2D eigenvalue weighted by Crippen LogP contribution is -2.02. The minimum Gasteiger partial charge on any atom is -0.384 e. The molecular formula is C19H17BrO. The fourth-order valence-electron chi connectivity index (χ4n) is 2.64. The van der Waals surface area contributed by atoms with Crippen LogP contribution in [0.15, 0.2) is 59.1 Å². The molecule has 21 heavy (non-hydrogen) atoms. The molecular weight excluding hydrogens is 324 g/mol. The number of benzene rings is 3. The molecule has 2 heteroatoms. The number of hydrogen-bond acceptors (Lipinski definition) is 1. The van der Waals surface area contributed by atoms with Crippen LogP contribution in [0.1, 0.15) is 28.4 Å². The Morgan fingerprint density at radius 1 is 0.857 bits per heavy atom. The third-order valence-corrected chi connectivity index (χ3v) is 4.36. The Morgan fingerprint density at radius 2 is 1.57 bits per heavy atom. The van der Waals surface area contributed by atoms with Crippen molar-refractivity contribution in [1.82, 2.24) is 0 Å². The van der Waals surface area contributed by atoms with E-state index in [-0.39, 0.29) is 0 Å². The van der Waals surface area contributed by atoms with Crippen LogP contribution in [-0.2, 0) is 0 Å². The number of aliphatic hydroxyl groups excluding tert-OH is 1. The van der Waals surface area contributed by atoms with Crippen LogP contribution < -0.4 is 0 Å². The lowest BCUT2D eigenvalue weighted by molar-refractivity contribution is 0.219. The predicted octanol–water partition coefficient (Wildman–Crippen LogP) is 5.30. The van der Waals surface area contributed by atoms with Crippen molar-refractivity contribution in [1.29, 1.82) is 0 Å². The van der Waals surface area contributed by atoms with Crippen molar-refractivity contribution in [2.24, 2.45) is 0 Å². The Bertz CT molecular complexity index is 808. The molecule has 0 aliphatic heterocycles. The third-order valence-electron chi connectivity index (χ3n) is 3.87. The van der Waals surface area contributed by atoms with Gasteiger partial charge in [-0.3, -0.25) is 0 Å². The summed E-state index contributed by atoms with van der Waals surface area (Å²) in [5, 5.41) is 13.0. The molecule has 0 heterocycles. The van der Waals surface area contributed by atoms with Crippen molar-refractivity contribution >= 4 is 26.7 Å². The van der Waals surface area contributed by atoms with Crippen LogP contribution in [0.5, 0.6) is 0 Å². The molecule has 1 atom stereocenters. The highest BCUT2D eigenvalue weighted by Crippen LogP contribution is 2.29. The van der Waals surface area contributed by atoms with E-state index < -0.39 is 6.10 Å². The van der Waals surface area contributed by atoms with E-state index in [2.05, 4.69) is 58.4 Å². The van der Waals surface area contributed by atoms with Gasteiger partial charge in [0.2, 0.25) is 0 Å². The van der Waals surface area contributed by atoms with Crippen LogP contribution >= 0.6 is 15.9 Å². The fraction of sp³-hybridized carbons (Fsp3) is 0.158. The average Bonchev–Trinajstić information content (AvgIpc) is 2.48. The molecule has 1 unspecified atom stereocenters. The highest BCUT2D eigenvalue weighted by Gasteiger charge is 2.13. The largest absolute Gasteiger partial charge is 0.384 e. The third kappa shape index (κ3) is 2.87. The monoisotopic (exact) mass is 340 g/mol. The Kier molecular flexibility index (Phi) is 3.83. The van der Waals surface area contributed by atoms with E-state index in [0.717, 1.165) is 26.5 Å². The van der Waals surface area contributed by atoms with Gasteiger partial charge in [0, 0.05) is 4.47 Å². The van der Waals surface area contributed by atoms with Crippen molar-refractivity contribution in [2.75, 3.05) is 0 Å². The molecule has 3 rings (SSSR count). The summed E-state index contributed by atoms with van der Waals surface area (Å²) in [6.07, 6.45) is -0.585. The molecule has 0 bridgehead atoms. The molecule has 0 spiro atoms. The smallest absolute Gasteiger partial charge is 0.104 e. The molecule has 1 nitrogen and oxygen atoms in total. The molecule has 0 radical (unpaired) electrons. The van der Waals surface area contributed by atoms with E-state index in [1.165, 1.54) is 10.9 Å². The van der Waals surface area contributed by atoms with E-state index in [1.54, 1.807) is 0 Å². The van der Waals surface area contributed by atoms with Gasteiger partial charge in [-0.2, -0.15) is 0 Å². The van der Waals surface area contributed by atoms with Gasteiger partial charge in [0.15, 0.2) is 0 Å². The molecule has 0 amide bonds. The van der Waals surface area contributed by atoms with Gasteiger partial charge in [-0.05, 0) is 59.5 Å². The quantitative estimate of drug-likeness (QED) is 0.670. The summed E-state index contributed by atoms with van der Waals surface area (Å²) in [4.78, 5) is 0. The summed E-state index contributed by atoms with van der Waals surface area (Å²) >= 11 is 3.48. The maximum atomic E-state index is 10.7. The number of rotatable bonds is 2. The van der Waals surface area contributed by atoms with Gasteiger partial charge in [0.1, 0.15) is 6.10 Å². The summed E-state index contributed by atoms with van der Waals surface area (Å²) in [5.74, 6) is 0. The molecule has 0 saturated carbocycles. The van der Waals surface area contributed by atoms with Gasteiger partial charge >= 0.3 is 0 Å². The predicted molar refractivity (Wildman–Crippen MR) is 91.6 cm³/mol. The summed E-state index contributed by atoms with van der Waals surface area (Å²) in [5.41, 5.74) is 4.19. The zero-order valence-electron chi connectivity index (χ0n) is 12.1. The van der Waals surface area contributed by atoms with Gasteiger partial charge in [-0.25, -0.2) is 0 Å². The van der Waals surface area contributed by atoms with E-state index in [9.17, 15) is 5.11 Å². The zero-order chi connectivity index (χ0) is 15.0. The number of halogens is 1. The molecule has 106 valence electrons. The normalized spacial score (nSPS) is 12.6. The summed E-state index contributed by atoms with van der Waals surface area (Å²) < 4.78 is 1.07. The SMILES string of the molecule is Cc1ccc(C)c(C(O)c2ccc3cc(Br)ccc3c2)c1.